The normalized spacial score (nSPS) is 23.1. The predicted octanol–water partition coefficient (Wildman–Crippen LogP) is 1.35. The minimum absolute atomic E-state index is 0.134. The zero-order valence-electron chi connectivity index (χ0n) is 10.9. The minimum Gasteiger partial charge on any atom is -0.488 e. The summed E-state index contributed by atoms with van der Waals surface area (Å²) in [6, 6.07) is 8.19. The Balaban J connectivity index is 1.55. The maximum absolute atomic E-state index is 6.04. The van der Waals surface area contributed by atoms with Gasteiger partial charge >= 0.3 is 0 Å². The molecule has 5 heteroatoms. The van der Waals surface area contributed by atoms with Gasteiger partial charge in [0.2, 0.25) is 0 Å². The molecule has 1 saturated heterocycles. The second kappa shape index (κ2) is 5.74. The average molecular weight is 277 g/mol. The van der Waals surface area contributed by atoms with Crippen molar-refractivity contribution in [1.82, 2.24) is 4.90 Å². The Morgan fingerprint density at radius 3 is 2.95 bits per heavy atom. The monoisotopic (exact) mass is 277 g/mol. The molecule has 19 heavy (non-hydrogen) atoms. The van der Waals surface area contributed by atoms with Crippen molar-refractivity contribution in [2.24, 2.45) is 10.7 Å². The second-order valence-electron chi connectivity index (χ2n) is 4.85. The molecule has 1 fully saturated rings. The lowest BCUT2D eigenvalue weighted by Crippen LogP contribution is -2.43. The van der Waals surface area contributed by atoms with Crippen LogP contribution < -0.4 is 10.5 Å². The largest absolute Gasteiger partial charge is 0.488 e. The number of nitrogens with two attached hydrogens (primary N) is 1. The van der Waals surface area contributed by atoms with Crippen molar-refractivity contribution in [3.05, 3.63) is 29.8 Å². The molecule has 0 radical (unpaired) electrons. The maximum Gasteiger partial charge on any atom is 0.191 e. The van der Waals surface area contributed by atoms with E-state index in [1.807, 2.05) is 30.0 Å². The highest BCUT2D eigenvalue weighted by Gasteiger charge is 2.22. The van der Waals surface area contributed by atoms with Crippen LogP contribution in [0.4, 0.5) is 0 Å². The molecule has 4 nitrogen and oxygen atoms in total. The number of para-hydroxylation sites is 1. The first-order chi connectivity index (χ1) is 9.33. The number of aliphatic imine (C=N–C) groups is 1. The van der Waals surface area contributed by atoms with Crippen LogP contribution in [0.5, 0.6) is 5.75 Å². The van der Waals surface area contributed by atoms with Gasteiger partial charge in [0, 0.05) is 31.0 Å². The van der Waals surface area contributed by atoms with Gasteiger partial charge in [0.05, 0.1) is 6.54 Å². The van der Waals surface area contributed by atoms with Crippen LogP contribution in [0.15, 0.2) is 29.3 Å². The molecule has 0 aromatic heterocycles. The Morgan fingerprint density at radius 2 is 2.16 bits per heavy atom. The zero-order valence-corrected chi connectivity index (χ0v) is 11.7. The Bertz CT molecular complexity index is 447. The molecule has 1 aromatic rings. The van der Waals surface area contributed by atoms with E-state index < -0.39 is 0 Å². The van der Waals surface area contributed by atoms with Crippen LogP contribution in [-0.4, -0.2) is 48.1 Å². The van der Waals surface area contributed by atoms with Crippen LogP contribution in [0, 0.1) is 0 Å². The third-order valence-electron chi connectivity index (χ3n) is 3.51. The van der Waals surface area contributed by atoms with Gasteiger partial charge in [-0.15, -0.1) is 0 Å². The van der Waals surface area contributed by atoms with Gasteiger partial charge in [0.15, 0.2) is 5.96 Å². The summed E-state index contributed by atoms with van der Waals surface area (Å²) in [6.45, 7) is 2.65. The fourth-order valence-electron chi connectivity index (χ4n) is 2.44. The SMILES string of the molecule is NC(=NCC1Cc2ccccc2O1)N1CCSCC1. The van der Waals surface area contributed by atoms with E-state index in [2.05, 4.69) is 16.0 Å². The van der Waals surface area contributed by atoms with Gasteiger partial charge < -0.3 is 15.4 Å². The van der Waals surface area contributed by atoms with E-state index >= 15 is 0 Å². The number of nitrogens with zero attached hydrogens (tertiary/aromatic N) is 2. The van der Waals surface area contributed by atoms with Gasteiger partial charge in [-0.25, -0.2) is 4.99 Å². The molecule has 1 unspecified atom stereocenters. The number of hydrogen-bond donors (Lipinski definition) is 1. The van der Waals surface area contributed by atoms with Crippen LogP contribution in [0.3, 0.4) is 0 Å². The fourth-order valence-corrected chi connectivity index (χ4v) is 3.35. The van der Waals surface area contributed by atoms with E-state index in [-0.39, 0.29) is 6.10 Å². The molecule has 0 bridgehead atoms. The Kier molecular flexibility index (Phi) is 3.82. The van der Waals surface area contributed by atoms with Crippen molar-refractivity contribution < 1.29 is 4.74 Å². The molecule has 3 rings (SSSR count). The summed E-state index contributed by atoms with van der Waals surface area (Å²) in [6.07, 6.45) is 1.07. The summed E-state index contributed by atoms with van der Waals surface area (Å²) in [5.41, 5.74) is 7.32. The predicted molar refractivity (Wildman–Crippen MR) is 79.9 cm³/mol. The van der Waals surface area contributed by atoms with E-state index in [4.69, 9.17) is 10.5 Å². The molecule has 2 aliphatic heterocycles. The molecule has 1 aromatic carbocycles. The Morgan fingerprint density at radius 1 is 1.37 bits per heavy atom. The summed E-state index contributed by atoms with van der Waals surface area (Å²) < 4.78 is 5.86. The smallest absolute Gasteiger partial charge is 0.191 e. The lowest BCUT2D eigenvalue weighted by atomic mass is 10.1. The molecule has 2 heterocycles. The highest BCUT2D eigenvalue weighted by molar-refractivity contribution is 7.99. The van der Waals surface area contributed by atoms with Crippen LogP contribution in [0.2, 0.25) is 0 Å². The highest BCUT2D eigenvalue weighted by atomic mass is 32.2. The van der Waals surface area contributed by atoms with Gasteiger partial charge in [0.1, 0.15) is 11.9 Å². The molecule has 1 atom stereocenters. The molecule has 0 amide bonds. The van der Waals surface area contributed by atoms with Gasteiger partial charge in [-0.2, -0.15) is 11.8 Å². The molecular weight excluding hydrogens is 258 g/mol. The van der Waals surface area contributed by atoms with Crippen molar-refractivity contribution in [3.63, 3.8) is 0 Å². The lowest BCUT2D eigenvalue weighted by Gasteiger charge is -2.27. The van der Waals surface area contributed by atoms with Crippen molar-refractivity contribution >= 4 is 17.7 Å². The van der Waals surface area contributed by atoms with E-state index in [9.17, 15) is 0 Å². The number of rotatable bonds is 2. The van der Waals surface area contributed by atoms with Crippen LogP contribution in [0.25, 0.3) is 0 Å². The molecule has 2 aliphatic rings. The summed E-state index contributed by atoms with van der Waals surface area (Å²) in [5.74, 6) is 3.94. The first kappa shape index (κ1) is 12.7. The first-order valence-corrected chi connectivity index (χ1v) is 7.85. The quantitative estimate of drug-likeness (QED) is 0.655. The number of thioether (sulfide) groups is 1. The third kappa shape index (κ3) is 2.97. The summed E-state index contributed by atoms with van der Waals surface area (Å²) in [7, 11) is 0. The van der Waals surface area contributed by atoms with E-state index in [0.29, 0.717) is 12.5 Å². The van der Waals surface area contributed by atoms with Gasteiger partial charge in [0.25, 0.3) is 0 Å². The number of guanidine groups is 1. The van der Waals surface area contributed by atoms with Crippen molar-refractivity contribution in [2.45, 2.75) is 12.5 Å². The number of fused-ring (bicyclic) bond motifs is 1. The van der Waals surface area contributed by atoms with Crippen molar-refractivity contribution in [1.29, 1.82) is 0 Å². The molecule has 102 valence electrons. The Labute approximate surface area is 118 Å². The molecular formula is C14H19N3OS. The van der Waals surface area contributed by atoms with Gasteiger partial charge in [-0.3, -0.25) is 0 Å². The summed E-state index contributed by atoms with van der Waals surface area (Å²) in [5, 5.41) is 0. The number of benzene rings is 1. The molecule has 0 aliphatic carbocycles. The number of ether oxygens (including phenoxy) is 1. The first-order valence-electron chi connectivity index (χ1n) is 6.70. The lowest BCUT2D eigenvalue weighted by molar-refractivity contribution is 0.241. The van der Waals surface area contributed by atoms with Gasteiger partial charge in [-0.05, 0) is 11.6 Å². The van der Waals surface area contributed by atoms with Crippen LogP contribution >= 0.6 is 11.8 Å². The van der Waals surface area contributed by atoms with Crippen molar-refractivity contribution in [2.75, 3.05) is 31.1 Å². The number of hydrogen-bond acceptors (Lipinski definition) is 3. The standard InChI is InChI=1S/C14H19N3OS/c15-14(17-5-7-19-8-6-17)16-10-12-9-11-3-1-2-4-13(11)18-12/h1-4,12H,5-10H2,(H2,15,16). The molecule has 0 spiro atoms. The van der Waals surface area contributed by atoms with Crippen molar-refractivity contribution in [3.8, 4) is 5.75 Å². The van der Waals surface area contributed by atoms with Crippen LogP contribution in [-0.2, 0) is 6.42 Å². The molecule has 2 N–H and O–H groups in total. The average Bonchev–Trinajstić information content (AvgIpc) is 2.88. The van der Waals surface area contributed by atoms with Gasteiger partial charge in [-0.1, -0.05) is 18.2 Å². The highest BCUT2D eigenvalue weighted by Crippen LogP contribution is 2.28. The Hall–Kier alpha value is -1.36. The van der Waals surface area contributed by atoms with Crippen LogP contribution in [0.1, 0.15) is 5.56 Å². The topological polar surface area (TPSA) is 50.9 Å². The second-order valence-corrected chi connectivity index (χ2v) is 6.07. The van der Waals surface area contributed by atoms with E-state index in [1.54, 1.807) is 0 Å². The molecule has 0 saturated carbocycles. The summed E-state index contributed by atoms with van der Waals surface area (Å²) >= 11 is 1.97. The minimum atomic E-state index is 0.134. The fraction of sp³-hybridized carbons (Fsp3) is 0.500. The third-order valence-corrected chi connectivity index (χ3v) is 4.45. The van der Waals surface area contributed by atoms with E-state index in [1.165, 1.54) is 5.56 Å². The maximum atomic E-state index is 6.04. The zero-order chi connectivity index (χ0) is 13.1. The summed E-state index contributed by atoms with van der Waals surface area (Å²) in [4.78, 5) is 6.66. The van der Waals surface area contributed by atoms with E-state index in [0.717, 1.165) is 36.8 Å².